The summed E-state index contributed by atoms with van der Waals surface area (Å²) in [6, 6.07) is 11.4. The van der Waals surface area contributed by atoms with Gasteiger partial charge < -0.3 is 9.74 Å². The summed E-state index contributed by atoms with van der Waals surface area (Å²) in [6.07, 6.45) is 1.83. The molecule has 0 unspecified atom stereocenters. The van der Waals surface area contributed by atoms with Crippen LogP contribution in [0.5, 0.6) is 0 Å². The van der Waals surface area contributed by atoms with Gasteiger partial charge in [0.2, 0.25) is 0 Å². The van der Waals surface area contributed by atoms with Gasteiger partial charge >= 0.3 is 0 Å². The first-order chi connectivity index (χ1) is 12.2. The van der Waals surface area contributed by atoms with Gasteiger partial charge in [-0.1, -0.05) is 34.4 Å². The van der Waals surface area contributed by atoms with Crippen molar-refractivity contribution in [1.82, 2.24) is 9.88 Å². The van der Waals surface area contributed by atoms with Crippen molar-refractivity contribution in [1.29, 1.82) is 0 Å². The molecule has 1 aliphatic rings. The molecule has 1 aromatic carbocycles. The van der Waals surface area contributed by atoms with Gasteiger partial charge in [-0.15, -0.1) is 0 Å². The van der Waals surface area contributed by atoms with E-state index in [0.29, 0.717) is 16.6 Å². The average molecular weight is 379 g/mol. The Morgan fingerprint density at radius 2 is 1.96 bits per heavy atom. The van der Waals surface area contributed by atoms with E-state index in [4.69, 9.17) is 28.0 Å². The normalized spacial score (nSPS) is 16.1. The topological polar surface area (TPSA) is 41.0 Å². The van der Waals surface area contributed by atoms with E-state index in [1.54, 1.807) is 13.2 Å². The third kappa shape index (κ3) is 4.63. The van der Waals surface area contributed by atoms with E-state index in [-0.39, 0.29) is 0 Å². The second-order valence-corrected chi connectivity index (χ2v) is 6.64. The number of hydrogen-bond donors (Lipinski definition) is 0. The number of rotatable bonds is 5. The summed E-state index contributed by atoms with van der Waals surface area (Å²) in [6.45, 7) is 4.36. The first kappa shape index (κ1) is 18.0. The van der Waals surface area contributed by atoms with E-state index in [1.165, 1.54) is 0 Å². The Kier molecular flexibility index (Phi) is 6.13. The van der Waals surface area contributed by atoms with E-state index in [0.717, 1.165) is 43.3 Å². The lowest BCUT2D eigenvalue weighted by Crippen LogP contribution is -2.48. The Morgan fingerprint density at radius 3 is 2.60 bits per heavy atom. The maximum absolute atomic E-state index is 6.33. The van der Waals surface area contributed by atoms with E-state index >= 15 is 0 Å². The van der Waals surface area contributed by atoms with Gasteiger partial charge in [0.05, 0.1) is 5.02 Å². The van der Waals surface area contributed by atoms with Crippen LogP contribution < -0.4 is 4.90 Å². The van der Waals surface area contributed by atoms with Crippen LogP contribution >= 0.6 is 23.2 Å². The van der Waals surface area contributed by atoms with Crippen LogP contribution in [0.25, 0.3) is 0 Å². The van der Waals surface area contributed by atoms with E-state index in [1.807, 2.05) is 36.5 Å². The van der Waals surface area contributed by atoms with E-state index in [9.17, 15) is 0 Å². The number of anilines is 1. The minimum atomic E-state index is 0.579. The number of nitrogens with zero attached hydrogens (tertiary/aromatic N) is 4. The number of halogens is 2. The fraction of sp³-hybridized carbons (Fsp3) is 0.333. The van der Waals surface area contributed by atoms with Crippen molar-refractivity contribution < 1.29 is 4.84 Å². The molecule has 0 radical (unpaired) electrons. The average Bonchev–Trinajstić information content (AvgIpc) is 2.63. The summed E-state index contributed by atoms with van der Waals surface area (Å²) in [5.74, 6) is 1.02. The molecule has 0 N–H and O–H groups in total. The molecule has 0 saturated carbocycles. The Balaban J connectivity index is 1.65. The molecule has 0 aliphatic carbocycles. The fourth-order valence-corrected chi connectivity index (χ4v) is 3.40. The molecular formula is C18H20Cl2N4O. The van der Waals surface area contributed by atoms with Gasteiger partial charge in [-0.05, 0) is 30.3 Å². The van der Waals surface area contributed by atoms with Crippen LogP contribution in [0.15, 0.2) is 47.8 Å². The molecule has 7 heteroatoms. The van der Waals surface area contributed by atoms with Gasteiger partial charge in [0.25, 0.3) is 0 Å². The highest BCUT2D eigenvalue weighted by molar-refractivity contribution is 6.37. The highest BCUT2D eigenvalue weighted by Crippen LogP contribution is 2.22. The monoisotopic (exact) mass is 378 g/mol. The SMILES string of the molecule is CO/N=C(/CN1CCN(c2ccccn2)CC1)c1ccc(Cl)cc1Cl. The van der Waals surface area contributed by atoms with Gasteiger partial charge in [-0.2, -0.15) is 0 Å². The molecule has 0 amide bonds. The molecule has 132 valence electrons. The number of oxime groups is 1. The number of aromatic nitrogens is 1. The second kappa shape index (κ2) is 8.52. The van der Waals surface area contributed by atoms with Crippen molar-refractivity contribution in [2.24, 2.45) is 5.16 Å². The minimum Gasteiger partial charge on any atom is -0.399 e. The Bertz CT molecular complexity index is 731. The lowest BCUT2D eigenvalue weighted by Gasteiger charge is -2.35. The summed E-state index contributed by atoms with van der Waals surface area (Å²) in [4.78, 5) is 14.1. The maximum Gasteiger partial charge on any atom is 0.128 e. The number of pyridine rings is 1. The van der Waals surface area contributed by atoms with Gasteiger partial charge in [-0.25, -0.2) is 4.98 Å². The zero-order valence-corrected chi connectivity index (χ0v) is 15.5. The third-order valence-electron chi connectivity index (χ3n) is 4.16. The summed E-state index contributed by atoms with van der Waals surface area (Å²) in [5.41, 5.74) is 1.65. The van der Waals surface area contributed by atoms with Crippen molar-refractivity contribution in [2.75, 3.05) is 44.7 Å². The summed E-state index contributed by atoms with van der Waals surface area (Å²) in [7, 11) is 1.54. The third-order valence-corrected chi connectivity index (χ3v) is 4.71. The molecule has 3 rings (SSSR count). The van der Waals surface area contributed by atoms with Crippen molar-refractivity contribution in [3.8, 4) is 0 Å². The molecule has 0 bridgehead atoms. The first-order valence-electron chi connectivity index (χ1n) is 8.11. The highest BCUT2D eigenvalue weighted by atomic mass is 35.5. The molecule has 2 aromatic rings. The standard InChI is InChI=1S/C18H20Cl2N4O/c1-25-22-17(15-6-5-14(19)12-16(15)20)13-23-8-10-24(11-9-23)18-4-2-3-7-21-18/h2-7,12H,8-11,13H2,1H3/b22-17-. The molecule has 5 nitrogen and oxygen atoms in total. The zero-order chi connectivity index (χ0) is 17.6. The summed E-state index contributed by atoms with van der Waals surface area (Å²) >= 11 is 12.3. The van der Waals surface area contributed by atoms with Crippen LogP contribution in [0.1, 0.15) is 5.56 Å². The maximum atomic E-state index is 6.33. The van der Waals surface area contributed by atoms with Crippen LogP contribution in [0.2, 0.25) is 10.0 Å². The molecule has 1 saturated heterocycles. The number of hydrogen-bond acceptors (Lipinski definition) is 5. The lowest BCUT2D eigenvalue weighted by molar-refractivity contribution is 0.209. The van der Waals surface area contributed by atoms with Crippen LogP contribution in [-0.4, -0.2) is 55.4 Å². The quantitative estimate of drug-likeness (QED) is 0.589. The molecule has 1 aliphatic heterocycles. The Labute approximate surface area is 157 Å². The second-order valence-electron chi connectivity index (χ2n) is 5.80. The smallest absolute Gasteiger partial charge is 0.128 e. The summed E-state index contributed by atoms with van der Waals surface area (Å²) in [5, 5.41) is 5.36. The number of piperazine rings is 1. The molecule has 2 heterocycles. The van der Waals surface area contributed by atoms with Crippen molar-refractivity contribution >= 4 is 34.7 Å². The molecule has 1 fully saturated rings. The van der Waals surface area contributed by atoms with Crippen LogP contribution in [0.3, 0.4) is 0 Å². The van der Waals surface area contributed by atoms with E-state index < -0.39 is 0 Å². The fourth-order valence-electron chi connectivity index (χ4n) is 2.88. The van der Waals surface area contributed by atoms with Gasteiger partial charge in [-0.3, -0.25) is 4.90 Å². The Hall–Kier alpha value is -1.82. The van der Waals surface area contributed by atoms with E-state index in [2.05, 4.69) is 19.9 Å². The first-order valence-corrected chi connectivity index (χ1v) is 8.87. The predicted octanol–water partition coefficient (Wildman–Crippen LogP) is 3.56. The minimum absolute atomic E-state index is 0.579. The van der Waals surface area contributed by atoms with Crippen molar-refractivity contribution in [3.05, 3.63) is 58.2 Å². The van der Waals surface area contributed by atoms with Crippen molar-refractivity contribution in [3.63, 3.8) is 0 Å². The van der Waals surface area contributed by atoms with Gasteiger partial charge in [0, 0.05) is 49.5 Å². The molecule has 0 atom stereocenters. The van der Waals surface area contributed by atoms with Gasteiger partial charge in [0.1, 0.15) is 18.6 Å². The molecule has 0 spiro atoms. The molecule has 1 aromatic heterocycles. The number of benzene rings is 1. The molecular weight excluding hydrogens is 359 g/mol. The van der Waals surface area contributed by atoms with Gasteiger partial charge in [0.15, 0.2) is 0 Å². The largest absolute Gasteiger partial charge is 0.399 e. The zero-order valence-electron chi connectivity index (χ0n) is 14.0. The van der Waals surface area contributed by atoms with Crippen LogP contribution in [-0.2, 0) is 4.84 Å². The Morgan fingerprint density at radius 1 is 1.16 bits per heavy atom. The predicted molar refractivity (Wildman–Crippen MR) is 103 cm³/mol. The highest BCUT2D eigenvalue weighted by Gasteiger charge is 2.21. The lowest BCUT2D eigenvalue weighted by atomic mass is 10.1. The van der Waals surface area contributed by atoms with Crippen LogP contribution in [0.4, 0.5) is 5.82 Å². The van der Waals surface area contributed by atoms with Crippen LogP contribution in [0, 0.1) is 0 Å². The van der Waals surface area contributed by atoms with Crippen molar-refractivity contribution in [2.45, 2.75) is 0 Å². The summed E-state index contributed by atoms with van der Waals surface area (Å²) < 4.78 is 0. The molecule has 25 heavy (non-hydrogen) atoms.